The number of nitrogens with one attached hydrogen (secondary N) is 1. The molecule has 0 saturated heterocycles. The Morgan fingerprint density at radius 2 is 1.57 bits per heavy atom. The molecule has 1 unspecified atom stereocenters. The van der Waals surface area contributed by atoms with Gasteiger partial charge in [-0.05, 0) is 27.7 Å². The summed E-state index contributed by atoms with van der Waals surface area (Å²) in [4.78, 5) is 37.2. The summed E-state index contributed by atoms with van der Waals surface area (Å²) in [6, 6.07) is 13.6. The topological polar surface area (TPSA) is 95.9 Å². The molecule has 2 amide bonds. The van der Waals surface area contributed by atoms with Gasteiger partial charge in [0, 0.05) is 12.5 Å². The van der Waals surface area contributed by atoms with Crippen molar-refractivity contribution in [1.29, 1.82) is 0 Å². The quantitative estimate of drug-likeness (QED) is 0.542. The molecular formula is C26H30F2N2O5. The van der Waals surface area contributed by atoms with Crippen molar-refractivity contribution < 1.29 is 33.0 Å². The smallest absolute Gasteiger partial charge is 0.407 e. The number of alkyl halides is 2. The van der Waals surface area contributed by atoms with Gasteiger partial charge in [0.25, 0.3) is 6.43 Å². The third-order valence-corrected chi connectivity index (χ3v) is 5.69. The number of rotatable bonds is 9. The molecule has 0 saturated carbocycles. The zero-order chi connectivity index (χ0) is 25.8. The molecule has 2 N–H and O–H groups in total. The summed E-state index contributed by atoms with van der Waals surface area (Å²) in [6.07, 6.45) is -4.85. The van der Waals surface area contributed by atoms with Crippen LogP contribution >= 0.6 is 0 Å². The van der Waals surface area contributed by atoms with Gasteiger partial charge in [-0.1, -0.05) is 69.3 Å². The van der Waals surface area contributed by atoms with E-state index in [0.29, 0.717) is 0 Å². The Balaban J connectivity index is 1.64. The van der Waals surface area contributed by atoms with Gasteiger partial charge in [-0.3, -0.25) is 9.59 Å². The van der Waals surface area contributed by atoms with Crippen LogP contribution in [0.1, 0.15) is 44.2 Å². The third-order valence-electron chi connectivity index (χ3n) is 5.69. The van der Waals surface area contributed by atoms with Crippen LogP contribution in [0.5, 0.6) is 0 Å². The SMILES string of the molecule is CC(C)(C)CN(CC(=O)O)C(=O)CC(NC(=O)OCC1c2ccccc2-c2ccccc21)C(F)F. The van der Waals surface area contributed by atoms with E-state index in [-0.39, 0.29) is 19.1 Å². The molecule has 0 spiro atoms. The lowest BCUT2D eigenvalue weighted by Crippen LogP contribution is -2.47. The molecule has 9 heteroatoms. The van der Waals surface area contributed by atoms with Gasteiger partial charge in [-0.25, -0.2) is 13.6 Å². The summed E-state index contributed by atoms with van der Waals surface area (Å²) in [6.45, 7) is 4.80. The van der Waals surface area contributed by atoms with Crippen LogP contribution in [-0.4, -0.2) is 60.1 Å². The van der Waals surface area contributed by atoms with Crippen LogP contribution < -0.4 is 5.32 Å². The Kier molecular flexibility index (Phi) is 8.09. The average Bonchev–Trinajstić information content (AvgIpc) is 3.09. The number of carbonyl (C=O) groups excluding carboxylic acids is 2. The number of carboxylic acids is 1. The Morgan fingerprint density at radius 3 is 2.06 bits per heavy atom. The summed E-state index contributed by atoms with van der Waals surface area (Å²) >= 11 is 0. The van der Waals surface area contributed by atoms with Gasteiger partial charge in [0.05, 0.1) is 6.42 Å². The van der Waals surface area contributed by atoms with E-state index in [4.69, 9.17) is 9.84 Å². The molecule has 1 aliphatic carbocycles. The largest absolute Gasteiger partial charge is 0.480 e. The summed E-state index contributed by atoms with van der Waals surface area (Å²) < 4.78 is 32.6. The van der Waals surface area contributed by atoms with Crippen molar-refractivity contribution in [1.82, 2.24) is 10.2 Å². The van der Waals surface area contributed by atoms with E-state index in [9.17, 15) is 23.2 Å². The zero-order valence-corrected chi connectivity index (χ0v) is 20.0. The Bertz CT molecular complexity index is 1040. The molecule has 3 rings (SSSR count). The molecule has 0 bridgehead atoms. The van der Waals surface area contributed by atoms with Gasteiger partial charge in [-0.15, -0.1) is 0 Å². The second-order valence-corrected chi connectivity index (χ2v) is 9.82. The van der Waals surface area contributed by atoms with Crippen LogP contribution in [-0.2, 0) is 14.3 Å². The number of amides is 2. The van der Waals surface area contributed by atoms with Gasteiger partial charge in [0.15, 0.2) is 0 Å². The van der Waals surface area contributed by atoms with Crippen molar-refractivity contribution in [2.24, 2.45) is 5.41 Å². The first-order valence-electron chi connectivity index (χ1n) is 11.4. The Hall–Kier alpha value is -3.49. The van der Waals surface area contributed by atoms with E-state index in [1.54, 1.807) is 20.8 Å². The normalized spacial score (nSPS) is 13.7. The van der Waals surface area contributed by atoms with Crippen LogP contribution in [0.15, 0.2) is 48.5 Å². The molecule has 7 nitrogen and oxygen atoms in total. The van der Waals surface area contributed by atoms with Crippen LogP contribution in [0.25, 0.3) is 11.1 Å². The highest BCUT2D eigenvalue weighted by atomic mass is 19.3. The summed E-state index contributed by atoms with van der Waals surface area (Å²) in [7, 11) is 0. The van der Waals surface area contributed by atoms with E-state index in [1.165, 1.54) is 0 Å². The highest BCUT2D eigenvalue weighted by molar-refractivity contribution is 5.82. The van der Waals surface area contributed by atoms with E-state index in [1.807, 2.05) is 48.5 Å². The molecule has 1 aliphatic rings. The lowest BCUT2D eigenvalue weighted by Gasteiger charge is -2.30. The number of nitrogens with zero attached hydrogens (tertiary/aromatic N) is 1. The fraction of sp³-hybridized carbons (Fsp3) is 0.423. The first-order chi connectivity index (χ1) is 16.5. The number of carbonyl (C=O) groups is 3. The molecule has 0 radical (unpaired) electrons. The number of aliphatic carboxylic acids is 1. The molecule has 35 heavy (non-hydrogen) atoms. The molecule has 2 aromatic carbocycles. The van der Waals surface area contributed by atoms with Crippen molar-refractivity contribution in [2.45, 2.75) is 45.6 Å². The van der Waals surface area contributed by atoms with Gasteiger partial charge >= 0.3 is 12.1 Å². The van der Waals surface area contributed by atoms with Crippen LogP contribution in [0.2, 0.25) is 0 Å². The maximum atomic E-state index is 13.7. The predicted octanol–water partition coefficient (Wildman–Crippen LogP) is 4.51. The first kappa shape index (κ1) is 26.1. The summed E-state index contributed by atoms with van der Waals surface area (Å²) in [5.74, 6) is -2.27. The van der Waals surface area contributed by atoms with E-state index in [2.05, 4.69) is 5.32 Å². The standard InChI is InChI=1S/C26H30F2N2O5/c1-26(2,3)15-30(13-23(32)33)22(31)12-21(24(27)28)29-25(34)35-14-20-18-10-6-4-8-16(18)17-9-5-7-11-19(17)20/h4-11,20-21,24H,12-15H2,1-3H3,(H,29,34)(H,32,33). The molecule has 0 fully saturated rings. The van der Waals surface area contributed by atoms with Gasteiger partial charge in [0.1, 0.15) is 19.2 Å². The summed E-state index contributed by atoms with van der Waals surface area (Å²) in [5.41, 5.74) is 3.59. The molecular weight excluding hydrogens is 458 g/mol. The fourth-order valence-electron chi connectivity index (χ4n) is 4.28. The van der Waals surface area contributed by atoms with Crippen molar-refractivity contribution in [2.75, 3.05) is 19.7 Å². The van der Waals surface area contributed by atoms with Crippen molar-refractivity contribution in [3.05, 3.63) is 59.7 Å². The predicted molar refractivity (Wildman–Crippen MR) is 126 cm³/mol. The third kappa shape index (κ3) is 6.77. The molecule has 0 aromatic heterocycles. The average molecular weight is 489 g/mol. The Labute approximate surface area is 203 Å². The second-order valence-electron chi connectivity index (χ2n) is 9.82. The maximum absolute atomic E-state index is 13.7. The number of ether oxygens (including phenoxy) is 1. The van der Waals surface area contributed by atoms with E-state index < -0.39 is 48.8 Å². The maximum Gasteiger partial charge on any atom is 0.407 e. The number of fused-ring (bicyclic) bond motifs is 3. The van der Waals surface area contributed by atoms with Crippen LogP contribution in [0, 0.1) is 5.41 Å². The number of halogens is 2. The second kappa shape index (κ2) is 10.8. The van der Waals surface area contributed by atoms with E-state index in [0.717, 1.165) is 27.2 Å². The zero-order valence-electron chi connectivity index (χ0n) is 20.0. The van der Waals surface area contributed by atoms with Gasteiger partial charge in [-0.2, -0.15) is 0 Å². The minimum Gasteiger partial charge on any atom is -0.480 e. The van der Waals surface area contributed by atoms with E-state index >= 15 is 0 Å². The summed E-state index contributed by atoms with van der Waals surface area (Å²) in [5, 5.41) is 11.2. The number of benzene rings is 2. The molecule has 0 aliphatic heterocycles. The van der Waals surface area contributed by atoms with Crippen molar-refractivity contribution in [3.63, 3.8) is 0 Å². The number of carboxylic acid groups (broad SMARTS) is 1. The van der Waals surface area contributed by atoms with Crippen molar-refractivity contribution >= 4 is 18.0 Å². The van der Waals surface area contributed by atoms with Crippen molar-refractivity contribution in [3.8, 4) is 11.1 Å². The van der Waals surface area contributed by atoms with Gasteiger partial charge < -0.3 is 20.1 Å². The monoisotopic (exact) mass is 488 g/mol. The molecule has 188 valence electrons. The molecule has 1 atom stereocenters. The molecule has 2 aromatic rings. The lowest BCUT2D eigenvalue weighted by molar-refractivity contribution is -0.146. The first-order valence-corrected chi connectivity index (χ1v) is 11.4. The van der Waals surface area contributed by atoms with Crippen LogP contribution in [0.3, 0.4) is 0 Å². The number of hydrogen-bond acceptors (Lipinski definition) is 4. The molecule has 0 heterocycles. The number of hydrogen-bond donors (Lipinski definition) is 2. The minimum atomic E-state index is -3.04. The number of alkyl carbamates (subject to hydrolysis) is 1. The highest BCUT2D eigenvalue weighted by Crippen LogP contribution is 2.44. The fourth-order valence-corrected chi connectivity index (χ4v) is 4.28. The highest BCUT2D eigenvalue weighted by Gasteiger charge is 2.32. The Morgan fingerprint density at radius 1 is 1.03 bits per heavy atom. The lowest BCUT2D eigenvalue weighted by atomic mass is 9.95. The van der Waals surface area contributed by atoms with Crippen LogP contribution in [0.4, 0.5) is 13.6 Å². The minimum absolute atomic E-state index is 0.0566. The van der Waals surface area contributed by atoms with Gasteiger partial charge in [0.2, 0.25) is 5.91 Å².